The van der Waals surface area contributed by atoms with Crippen LogP contribution in [0.4, 0.5) is 13.2 Å². The average Bonchev–Trinajstić information content (AvgIpc) is 2.70. The van der Waals surface area contributed by atoms with Crippen LogP contribution in [0.3, 0.4) is 0 Å². The van der Waals surface area contributed by atoms with E-state index in [-0.39, 0.29) is 26.4 Å². The van der Waals surface area contributed by atoms with Gasteiger partial charge in [0.15, 0.2) is 0 Å². The van der Waals surface area contributed by atoms with E-state index in [1.807, 2.05) is 20.8 Å². The first-order chi connectivity index (χ1) is 15.2. The number of carbonyl (C=O) groups is 2. The zero-order chi connectivity index (χ0) is 25.0. The maximum absolute atomic E-state index is 13.6. The first-order valence-electron chi connectivity index (χ1n) is 9.25. The number of nitrogens with zero attached hydrogens (tertiary/aromatic N) is 1. The largest absolute Gasteiger partial charge is 0.475 e. The Bertz CT molecular complexity index is 948. The van der Waals surface area contributed by atoms with Crippen molar-refractivity contribution in [2.45, 2.75) is 44.9 Å². The second-order valence-electron chi connectivity index (χ2n) is 7.70. The monoisotopic (exact) mass is 609 g/mol. The molecular formula is C19H20ClF3INO8. The molecule has 1 atom stereocenters. The number of hydrogen-bond acceptors (Lipinski definition) is 8. The zero-order valence-corrected chi connectivity index (χ0v) is 20.5. The first kappa shape index (κ1) is 27.4. The smallest absolute Gasteiger partial charge is 0.430 e. The van der Waals surface area contributed by atoms with E-state index in [0.29, 0.717) is 5.56 Å². The van der Waals surface area contributed by atoms with Crippen molar-refractivity contribution in [3.63, 3.8) is 0 Å². The Hall–Kier alpha value is -1.81. The van der Waals surface area contributed by atoms with Crippen molar-refractivity contribution >= 4 is 51.1 Å². The van der Waals surface area contributed by atoms with Crippen molar-refractivity contribution in [3.05, 3.63) is 33.9 Å². The normalized spacial score (nSPS) is 16.0. The Morgan fingerprint density at radius 2 is 1.91 bits per heavy atom. The molecule has 0 unspecified atom stereocenters. The second kappa shape index (κ2) is 11.1. The maximum Gasteiger partial charge on any atom is 0.430 e. The van der Waals surface area contributed by atoms with Gasteiger partial charge >= 0.3 is 18.1 Å². The number of benzene rings is 1. The Labute approximate surface area is 202 Å². The van der Waals surface area contributed by atoms with Gasteiger partial charge in [-0.05, 0) is 29.2 Å². The molecule has 1 heterocycles. The highest BCUT2D eigenvalue weighted by Crippen LogP contribution is 2.42. The first-order valence-corrected chi connectivity index (χ1v) is 11.5. The van der Waals surface area contributed by atoms with Gasteiger partial charge in [-0.1, -0.05) is 32.4 Å². The fourth-order valence-electron chi connectivity index (χ4n) is 2.73. The Kier molecular flexibility index (Phi) is 9.21. The van der Waals surface area contributed by atoms with Crippen LogP contribution in [0.5, 0.6) is 5.75 Å². The van der Waals surface area contributed by atoms with Crippen molar-refractivity contribution < 1.29 is 50.1 Å². The number of esters is 2. The van der Waals surface area contributed by atoms with Gasteiger partial charge in [0.05, 0.1) is 18.6 Å². The fraction of sp³-hybridized carbons (Fsp3) is 0.474. The molecule has 0 amide bonds. The number of hydrogen-bond donors (Lipinski definition) is 1. The molecule has 14 heteroatoms. The van der Waals surface area contributed by atoms with Gasteiger partial charge in [0.1, 0.15) is 5.75 Å². The predicted molar refractivity (Wildman–Crippen MR) is 115 cm³/mol. The van der Waals surface area contributed by atoms with E-state index >= 15 is 0 Å². The molecule has 1 aliphatic heterocycles. The van der Waals surface area contributed by atoms with Crippen LogP contribution in [0.25, 0.3) is 6.08 Å². The minimum absolute atomic E-state index is 0.0631. The van der Waals surface area contributed by atoms with Crippen LogP contribution in [0.15, 0.2) is 17.7 Å². The Morgan fingerprint density at radius 3 is 2.48 bits per heavy atom. The van der Waals surface area contributed by atoms with Gasteiger partial charge in [-0.15, -0.1) is 0 Å². The summed E-state index contributed by atoms with van der Waals surface area (Å²) in [6.07, 6.45) is -6.97. The molecule has 1 N–H and O–H groups in total. The molecule has 0 aromatic heterocycles. The Balaban J connectivity index is 2.13. The zero-order valence-electron chi connectivity index (χ0n) is 17.6. The molecule has 0 aliphatic carbocycles. The van der Waals surface area contributed by atoms with Crippen molar-refractivity contribution in [2.75, 3.05) is 13.4 Å². The van der Waals surface area contributed by atoms with Gasteiger partial charge < -0.3 is 14.2 Å². The van der Waals surface area contributed by atoms with Gasteiger partial charge in [0.25, 0.3) is 21.5 Å². The van der Waals surface area contributed by atoms with Crippen LogP contribution < -0.4 is 4.74 Å². The molecule has 0 radical (unpaired) electrons. The van der Waals surface area contributed by atoms with Crippen LogP contribution in [-0.2, 0) is 32.4 Å². The highest BCUT2D eigenvalue weighted by Gasteiger charge is 2.49. The number of alkyl halides is 3. The summed E-state index contributed by atoms with van der Waals surface area (Å²) >= 11 is 4.28. The predicted octanol–water partition coefficient (Wildman–Crippen LogP) is 4.63. The molecule has 2 rings (SSSR count). The van der Waals surface area contributed by atoms with Crippen molar-refractivity contribution in [1.82, 2.24) is 3.44 Å². The number of rotatable bonds is 8. The van der Waals surface area contributed by atoms with E-state index in [9.17, 15) is 25.8 Å². The third-order valence-electron chi connectivity index (χ3n) is 4.25. The molecule has 33 heavy (non-hydrogen) atoms. The minimum atomic E-state index is -4.93. The highest BCUT2D eigenvalue weighted by molar-refractivity contribution is 14.1. The van der Waals surface area contributed by atoms with Crippen molar-refractivity contribution in [2.24, 2.45) is 0 Å². The molecular weight excluding hydrogens is 590 g/mol. The maximum atomic E-state index is 13.6. The summed E-state index contributed by atoms with van der Waals surface area (Å²) in [4.78, 5) is 28.3. The average molecular weight is 610 g/mol. The molecule has 0 spiro atoms. The number of fused-ring (bicyclic) bond motifs is 1. The lowest BCUT2D eigenvalue weighted by Gasteiger charge is -2.30. The van der Waals surface area contributed by atoms with Gasteiger partial charge in [-0.2, -0.15) is 13.2 Å². The number of halogens is 5. The summed E-state index contributed by atoms with van der Waals surface area (Å²) in [7, 11) is 0. The molecule has 184 valence electrons. The molecule has 1 aromatic rings. The summed E-state index contributed by atoms with van der Waals surface area (Å²) in [5.74, 6) is -2.43. The van der Waals surface area contributed by atoms with Crippen molar-refractivity contribution in [1.29, 1.82) is 0 Å². The lowest BCUT2D eigenvalue weighted by molar-refractivity contribution is -0.241. The van der Waals surface area contributed by atoms with Crippen LogP contribution >= 0.6 is 33.1 Å². The van der Waals surface area contributed by atoms with E-state index in [1.165, 1.54) is 12.1 Å². The van der Waals surface area contributed by atoms with Crippen LogP contribution in [0.1, 0.15) is 38.3 Å². The molecule has 0 saturated carbocycles. The van der Waals surface area contributed by atoms with Gasteiger partial charge in [0, 0.05) is 14.0 Å². The van der Waals surface area contributed by atoms with Crippen LogP contribution in [0.2, 0.25) is 5.02 Å². The third kappa shape index (κ3) is 7.60. The number of carbonyl (C=O) groups excluding carboxylic acids is 2. The topological polar surface area (TPSA) is 112 Å². The Morgan fingerprint density at radius 1 is 1.24 bits per heavy atom. The molecule has 1 aromatic carbocycles. The SMILES string of the molecule is CC(C)(C)c1cc2c(cc1Cl)C=C(C(=O)OCOC(=O)CCON(O)I=O)[C@@H](C(F)(F)F)O2. The van der Waals surface area contributed by atoms with Gasteiger partial charge in [-0.25, -0.2) is 7.86 Å². The molecule has 1 aliphatic rings. The second-order valence-corrected chi connectivity index (χ2v) is 9.33. The highest BCUT2D eigenvalue weighted by atomic mass is 127. The van der Waals surface area contributed by atoms with Gasteiger partial charge in [0.2, 0.25) is 12.9 Å². The minimum Gasteiger partial charge on any atom is -0.475 e. The number of ether oxygens (including phenoxy) is 3. The molecule has 9 nitrogen and oxygen atoms in total. The van der Waals surface area contributed by atoms with Crippen LogP contribution in [-0.4, -0.2) is 46.3 Å². The summed E-state index contributed by atoms with van der Waals surface area (Å²) in [6, 6.07) is 2.80. The third-order valence-corrected chi connectivity index (χ3v) is 5.18. The summed E-state index contributed by atoms with van der Waals surface area (Å²) in [6.45, 7) is 4.16. The van der Waals surface area contributed by atoms with Gasteiger partial charge in [-0.3, -0.25) is 14.8 Å². The quantitative estimate of drug-likeness (QED) is 0.148. The van der Waals surface area contributed by atoms with E-state index in [1.54, 1.807) is 0 Å². The van der Waals surface area contributed by atoms with E-state index in [0.717, 1.165) is 6.08 Å². The van der Waals surface area contributed by atoms with E-state index < -0.39 is 69.9 Å². The molecule has 0 fully saturated rings. The lowest BCUT2D eigenvalue weighted by atomic mass is 9.85. The summed E-state index contributed by atoms with van der Waals surface area (Å²) in [5, 5.41) is 9.09. The lowest BCUT2D eigenvalue weighted by Crippen LogP contribution is -2.41. The van der Waals surface area contributed by atoms with Crippen LogP contribution in [0, 0.1) is 0 Å². The molecule has 0 saturated heterocycles. The summed E-state index contributed by atoms with van der Waals surface area (Å²) < 4.78 is 65.5. The fourth-order valence-corrected chi connectivity index (χ4v) is 3.50. The summed E-state index contributed by atoms with van der Waals surface area (Å²) in [5.41, 5.74) is -0.582. The molecule has 0 bridgehead atoms. The van der Waals surface area contributed by atoms with E-state index in [4.69, 9.17) is 21.5 Å². The van der Waals surface area contributed by atoms with E-state index in [2.05, 4.69) is 14.3 Å². The standard InChI is InChI=1S/C19H20ClF3INO8/c1-18(2,3)12-8-14-10(7-13(12)20)6-11(16(33-14)19(21,22)23)17(27)31-9-30-15(26)4-5-32-25(29)24-28/h6-8,16,29H,4-5,9H2,1-3H3/t16-/m0/s1. The van der Waals surface area contributed by atoms with Crippen molar-refractivity contribution in [3.8, 4) is 5.75 Å².